The Morgan fingerprint density at radius 3 is 2.59 bits per heavy atom. The van der Waals surface area contributed by atoms with Gasteiger partial charge in [-0.2, -0.15) is 0 Å². The van der Waals surface area contributed by atoms with Crippen LogP contribution in [0.3, 0.4) is 0 Å². The first-order chi connectivity index (χ1) is 8.09. The average Bonchev–Trinajstić information content (AvgIpc) is 2.29. The Bertz CT molecular complexity index is 429. The zero-order valence-corrected chi connectivity index (χ0v) is 11.0. The van der Waals surface area contributed by atoms with E-state index in [0.717, 1.165) is 17.9 Å². The van der Waals surface area contributed by atoms with E-state index in [-0.39, 0.29) is 0 Å². The van der Waals surface area contributed by atoms with Crippen molar-refractivity contribution in [2.45, 2.75) is 40.0 Å². The van der Waals surface area contributed by atoms with Gasteiger partial charge < -0.3 is 5.11 Å². The van der Waals surface area contributed by atoms with Crippen molar-refractivity contribution in [1.29, 1.82) is 0 Å². The minimum Gasteiger partial charge on any atom is -0.507 e. The van der Waals surface area contributed by atoms with Crippen molar-refractivity contribution in [2.75, 3.05) is 0 Å². The van der Waals surface area contributed by atoms with Crippen molar-refractivity contribution in [2.24, 2.45) is 11.8 Å². The van der Waals surface area contributed by atoms with Crippen LogP contribution in [0.15, 0.2) is 29.8 Å². The van der Waals surface area contributed by atoms with Gasteiger partial charge in [0, 0.05) is 5.56 Å². The van der Waals surface area contributed by atoms with Crippen molar-refractivity contribution in [1.82, 2.24) is 0 Å². The molecule has 0 fully saturated rings. The molecule has 1 heteroatoms. The number of phenols is 1. The van der Waals surface area contributed by atoms with Gasteiger partial charge in [-0.15, -0.1) is 0 Å². The van der Waals surface area contributed by atoms with Gasteiger partial charge in [0.05, 0.1) is 0 Å². The average molecular weight is 230 g/mol. The van der Waals surface area contributed by atoms with E-state index in [0.29, 0.717) is 11.7 Å². The summed E-state index contributed by atoms with van der Waals surface area (Å²) in [5.74, 6) is 1.74. The fourth-order valence-electron chi connectivity index (χ4n) is 2.78. The SMILES string of the molecule is CC1CCC(C(C)C)=C(c2ccccc2O)C1. The first kappa shape index (κ1) is 12.2. The van der Waals surface area contributed by atoms with Crippen LogP contribution in [-0.4, -0.2) is 5.11 Å². The second-order valence-corrected chi connectivity index (χ2v) is 5.52. The lowest BCUT2D eigenvalue weighted by molar-refractivity contribution is 0.468. The molecule has 1 N–H and O–H groups in total. The molecule has 0 saturated heterocycles. The summed E-state index contributed by atoms with van der Waals surface area (Å²) in [6.45, 7) is 6.81. The maximum absolute atomic E-state index is 10.0. The summed E-state index contributed by atoms with van der Waals surface area (Å²) in [7, 11) is 0. The van der Waals surface area contributed by atoms with Crippen LogP contribution in [0.25, 0.3) is 5.57 Å². The number of rotatable bonds is 2. The van der Waals surface area contributed by atoms with E-state index in [4.69, 9.17) is 0 Å². The molecule has 1 aliphatic carbocycles. The normalized spacial score (nSPS) is 21.1. The fraction of sp³-hybridized carbons (Fsp3) is 0.500. The summed E-state index contributed by atoms with van der Waals surface area (Å²) < 4.78 is 0. The van der Waals surface area contributed by atoms with Crippen molar-refractivity contribution >= 4 is 5.57 Å². The van der Waals surface area contributed by atoms with E-state index in [1.54, 1.807) is 6.07 Å². The van der Waals surface area contributed by atoms with E-state index in [1.807, 2.05) is 18.2 Å². The molecular formula is C16H22O. The van der Waals surface area contributed by atoms with Crippen LogP contribution in [0.2, 0.25) is 0 Å². The third kappa shape index (κ3) is 2.54. The maximum Gasteiger partial charge on any atom is 0.123 e. The summed E-state index contributed by atoms with van der Waals surface area (Å²) in [4.78, 5) is 0. The molecule has 0 amide bonds. The van der Waals surface area contributed by atoms with Gasteiger partial charge in [0.1, 0.15) is 5.75 Å². The van der Waals surface area contributed by atoms with Gasteiger partial charge in [0.25, 0.3) is 0 Å². The number of benzene rings is 1. The van der Waals surface area contributed by atoms with Crippen molar-refractivity contribution in [3.05, 3.63) is 35.4 Å². The fourth-order valence-corrected chi connectivity index (χ4v) is 2.78. The van der Waals surface area contributed by atoms with Crippen LogP contribution in [0.5, 0.6) is 5.75 Å². The predicted molar refractivity (Wildman–Crippen MR) is 72.9 cm³/mol. The molecule has 2 rings (SSSR count). The summed E-state index contributed by atoms with van der Waals surface area (Å²) in [5.41, 5.74) is 3.96. The highest BCUT2D eigenvalue weighted by molar-refractivity contribution is 5.73. The van der Waals surface area contributed by atoms with Gasteiger partial charge >= 0.3 is 0 Å². The summed E-state index contributed by atoms with van der Waals surface area (Å²) in [6.07, 6.45) is 3.57. The molecule has 92 valence electrons. The molecular weight excluding hydrogens is 208 g/mol. The van der Waals surface area contributed by atoms with Gasteiger partial charge in [-0.25, -0.2) is 0 Å². The molecule has 0 radical (unpaired) electrons. The highest BCUT2D eigenvalue weighted by Gasteiger charge is 2.22. The van der Waals surface area contributed by atoms with Crippen molar-refractivity contribution in [3.63, 3.8) is 0 Å². The Morgan fingerprint density at radius 1 is 1.24 bits per heavy atom. The highest BCUT2D eigenvalue weighted by atomic mass is 16.3. The number of hydrogen-bond acceptors (Lipinski definition) is 1. The lowest BCUT2D eigenvalue weighted by atomic mass is 9.78. The van der Waals surface area contributed by atoms with Crippen molar-refractivity contribution < 1.29 is 5.11 Å². The monoisotopic (exact) mass is 230 g/mol. The Labute approximate surface area is 104 Å². The molecule has 1 aromatic carbocycles. The zero-order valence-electron chi connectivity index (χ0n) is 11.0. The van der Waals surface area contributed by atoms with E-state index in [1.165, 1.54) is 24.0 Å². The molecule has 0 heterocycles. The third-order valence-corrected chi connectivity index (χ3v) is 3.77. The molecule has 0 saturated carbocycles. The molecule has 1 aromatic rings. The molecule has 1 aliphatic rings. The molecule has 17 heavy (non-hydrogen) atoms. The van der Waals surface area contributed by atoms with Crippen LogP contribution < -0.4 is 0 Å². The van der Waals surface area contributed by atoms with Crippen LogP contribution in [-0.2, 0) is 0 Å². The molecule has 0 aliphatic heterocycles. The first-order valence-corrected chi connectivity index (χ1v) is 6.60. The standard InChI is InChI=1S/C16H22O/c1-11(2)13-9-8-12(3)10-15(13)14-6-4-5-7-16(14)17/h4-7,11-12,17H,8-10H2,1-3H3. The molecule has 0 aromatic heterocycles. The van der Waals surface area contributed by atoms with E-state index in [2.05, 4.69) is 20.8 Å². The third-order valence-electron chi connectivity index (χ3n) is 3.77. The molecule has 0 spiro atoms. The Balaban J connectivity index is 2.48. The Kier molecular flexibility index (Phi) is 3.56. The second-order valence-electron chi connectivity index (χ2n) is 5.52. The minimum absolute atomic E-state index is 0.426. The first-order valence-electron chi connectivity index (χ1n) is 6.60. The summed E-state index contributed by atoms with van der Waals surface area (Å²) >= 11 is 0. The topological polar surface area (TPSA) is 20.2 Å². The maximum atomic E-state index is 10.0. The zero-order chi connectivity index (χ0) is 12.4. The van der Waals surface area contributed by atoms with Crippen LogP contribution in [0.4, 0.5) is 0 Å². The number of allylic oxidation sites excluding steroid dienone is 2. The van der Waals surface area contributed by atoms with Crippen LogP contribution in [0.1, 0.15) is 45.6 Å². The van der Waals surface area contributed by atoms with Crippen LogP contribution >= 0.6 is 0 Å². The lowest BCUT2D eigenvalue weighted by Crippen LogP contribution is -2.10. The quantitative estimate of drug-likeness (QED) is 0.786. The number of para-hydroxylation sites is 1. The minimum atomic E-state index is 0.426. The molecule has 1 atom stereocenters. The predicted octanol–water partition coefficient (Wildman–Crippen LogP) is 4.62. The van der Waals surface area contributed by atoms with E-state index < -0.39 is 0 Å². The Hall–Kier alpha value is -1.24. The van der Waals surface area contributed by atoms with Gasteiger partial charge in [-0.05, 0) is 42.7 Å². The highest BCUT2D eigenvalue weighted by Crippen LogP contribution is 2.41. The summed E-state index contributed by atoms with van der Waals surface area (Å²) in [6, 6.07) is 7.74. The lowest BCUT2D eigenvalue weighted by Gasteiger charge is -2.28. The molecule has 0 bridgehead atoms. The van der Waals surface area contributed by atoms with Crippen LogP contribution in [0, 0.1) is 11.8 Å². The molecule has 1 nitrogen and oxygen atoms in total. The second kappa shape index (κ2) is 4.95. The van der Waals surface area contributed by atoms with Gasteiger partial charge in [0.15, 0.2) is 0 Å². The smallest absolute Gasteiger partial charge is 0.123 e. The van der Waals surface area contributed by atoms with Gasteiger partial charge in [-0.1, -0.05) is 44.5 Å². The number of hydrogen-bond donors (Lipinski definition) is 1. The summed E-state index contributed by atoms with van der Waals surface area (Å²) in [5, 5.41) is 10.0. The Morgan fingerprint density at radius 2 is 1.94 bits per heavy atom. The number of phenolic OH excluding ortho intramolecular Hbond substituents is 1. The van der Waals surface area contributed by atoms with E-state index >= 15 is 0 Å². The van der Waals surface area contributed by atoms with E-state index in [9.17, 15) is 5.11 Å². The van der Waals surface area contributed by atoms with Gasteiger partial charge in [-0.3, -0.25) is 0 Å². The largest absolute Gasteiger partial charge is 0.507 e. The van der Waals surface area contributed by atoms with Gasteiger partial charge in [0.2, 0.25) is 0 Å². The molecule has 1 unspecified atom stereocenters. The number of aromatic hydroxyl groups is 1. The van der Waals surface area contributed by atoms with Crippen molar-refractivity contribution in [3.8, 4) is 5.75 Å².